The molecule has 0 bridgehead atoms. The standard InChI is InChI=1S/C22H26N2/c1-19(24-15-9-4-10-16-24)17-22(18-23,20-11-5-2-6-12-20)21-13-7-3-8-14-21/h2-3,5-8,11-14,19H,4,9-10,15-17H2,1H3/t19-/m1/s1. The summed E-state index contributed by atoms with van der Waals surface area (Å²) >= 11 is 0. The third-order valence-electron chi connectivity index (χ3n) is 5.34. The molecule has 2 heteroatoms. The van der Waals surface area contributed by atoms with E-state index >= 15 is 0 Å². The summed E-state index contributed by atoms with van der Waals surface area (Å²) in [6.45, 7) is 4.60. The second kappa shape index (κ2) is 7.64. The van der Waals surface area contributed by atoms with Crippen molar-refractivity contribution in [2.75, 3.05) is 13.1 Å². The summed E-state index contributed by atoms with van der Waals surface area (Å²) < 4.78 is 0. The van der Waals surface area contributed by atoms with Gasteiger partial charge in [-0.25, -0.2) is 0 Å². The Labute approximate surface area is 145 Å². The molecule has 0 unspecified atom stereocenters. The lowest BCUT2D eigenvalue weighted by Gasteiger charge is -2.38. The number of benzene rings is 2. The van der Waals surface area contributed by atoms with Crippen LogP contribution < -0.4 is 0 Å². The summed E-state index contributed by atoms with van der Waals surface area (Å²) in [5, 5.41) is 10.3. The van der Waals surface area contributed by atoms with Crippen LogP contribution in [0.5, 0.6) is 0 Å². The Morgan fingerprint density at radius 1 is 0.917 bits per heavy atom. The average Bonchev–Trinajstić information content (AvgIpc) is 2.68. The topological polar surface area (TPSA) is 27.0 Å². The second-order valence-electron chi connectivity index (χ2n) is 6.90. The predicted molar refractivity (Wildman–Crippen MR) is 98.8 cm³/mol. The molecule has 1 saturated heterocycles. The van der Waals surface area contributed by atoms with E-state index in [0.717, 1.165) is 30.6 Å². The van der Waals surface area contributed by atoms with E-state index in [9.17, 15) is 5.26 Å². The highest BCUT2D eigenvalue weighted by molar-refractivity contribution is 5.46. The first kappa shape index (κ1) is 16.7. The van der Waals surface area contributed by atoms with Gasteiger partial charge in [0.05, 0.1) is 6.07 Å². The fourth-order valence-corrected chi connectivity index (χ4v) is 3.95. The quantitative estimate of drug-likeness (QED) is 0.794. The van der Waals surface area contributed by atoms with E-state index in [4.69, 9.17) is 0 Å². The van der Waals surface area contributed by atoms with Crippen LogP contribution >= 0.6 is 0 Å². The molecule has 0 spiro atoms. The number of nitrogens with zero attached hydrogens (tertiary/aromatic N) is 2. The van der Waals surface area contributed by atoms with Gasteiger partial charge >= 0.3 is 0 Å². The molecule has 24 heavy (non-hydrogen) atoms. The van der Waals surface area contributed by atoms with Crippen molar-refractivity contribution in [3.05, 3.63) is 71.8 Å². The first-order chi connectivity index (χ1) is 11.8. The summed E-state index contributed by atoms with van der Waals surface area (Å²) in [6.07, 6.45) is 4.72. The Kier molecular flexibility index (Phi) is 5.33. The molecule has 0 amide bonds. The molecular formula is C22H26N2. The Morgan fingerprint density at radius 2 is 1.42 bits per heavy atom. The summed E-state index contributed by atoms with van der Waals surface area (Å²) in [7, 11) is 0. The minimum Gasteiger partial charge on any atom is -0.301 e. The van der Waals surface area contributed by atoms with Gasteiger partial charge < -0.3 is 4.90 Å². The van der Waals surface area contributed by atoms with E-state index in [-0.39, 0.29) is 0 Å². The van der Waals surface area contributed by atoms with Crippen molar-refractivity contribution < 1.29 is 0 Å². The lowest BCUT2D eigenvalue weighted by Crippen LogP contribution is -2.42. The van der Waals surface area contributed by atoms with Crippen molar-refractivity contribution >= 4 is 0 Å². The van der Waals surface area contributed by atoms with Gasteiger partial charge in [-0.15, -0.1) is 0 Å². The molecule has 3 rings (SSSR count). The molecule has 2 aromatic carbocycles. The van der Waals surface area contributed by atoms with Crippen LogP contribution in [0, 0.1) is 11.3 Å². The minimum absolute atomic E-state index is 0.394. The first-order valence-electron chi connectivity index (χ1n) is 9.02. The largest absolute Gasteiger partial charge is 0.301 e. The maximum Gasteiger partial charge on any atom is 0.109 e. The number of nitriles is 1. The summed E-state index contributed by atoms with van der Waals surface area (Å²) in [5.74, 6) is 0. The number of likely N-dealkylation sites (tertiary alicyclic amines) is 1. The van der Waals surface area contributed by atoms with E-state index in [0.29, 0.717) is 6.04 Å². The maximum absolute atomic E-state index is 10.3. The Hall–Kier alpha value is -2.11. The van der Waals surface area contributed by atoms with Crippen molar-refractivity contribution in [1.82, 2.24) is 4.90 Å². The third kappa shape index (κ3) is 3.37. The van der Waals surface area contributed by atoms with E-state index in [2.05, 4.69) is 42.2 Å². The maximum atomic E-state index is 10.3. The number of hydrogen-bond donors (Lipinski definition) is 0. The monoisotopic (exact) mass is 318 g/mol. The second-order valence-corrected chi connectivity index (χ2v) is 6.90. The summed E-state index contributed by atoms with van der Waals surface area (Å²) in [5.41, 5.74) is 1.62. The van der Waals surface area contributed by atoms with Crippen molar-refractivity contribution in [2.45, 2.75) is 44.1 Å². The lowest BCUT2D eigenvalue weighted by molar-refractivity contribution is 0.157. The molecule has 1 heterocycles. The normalized spacial score (nSPS) is 17.2. The zero-order valence-electron chi connectivity index (χ0n) is 14.5. The number of rotatable bonds is 5. The van der Waals surface area contributed by atoms with E-state index in [1.165, 1.54) is 19.3 Å². The average molecular weight is 318 g/mol. The van der Waals surface area contributed by atoms with Gasteiger partial charge in [0.1, 0.15) is 5.41 Å². The summed E-state index contributed by atoms with van der Waals surface area (Å²) in [4.78, 5) is 2.56. The van der Waals surface area contributed by atoms with Crippen LogP contribution in [0.4, 0.5) is 0 Å². The molecule has 1 fully saturated rings. The van der Waals surface area contributed by atoms with Gasteiger partial charge in [-0.05, 0) is 50.4 Å². The zero-order chi connectivity index (χ0) is 16.8. The highest BCUT2D eigenvalue weighted by Crippen LogP contribution is 2.37. The molecule has 2 aromatic rings. The van der Waals surface area contributed by atoms with Crippen molar-refractivity contribution in [3.63, 3.8) is 0 Å². The molecule has 1 atom stereocenters. The smallest absolute Gasteiger partial charge is 0.109 e. The highest BCUT2D eigenvalue weighted by Gasteiger charge is 2.37. The van der Waals surface area contributed by atoms with Gasteiger partial charge in [0.25, 0.3) is 0 Å². The molecule has 1 aliphatic rings. The van der Waals surface area contributed by atoms with Crippen LogP contribution in [0.25, 0.3) is 0 Å². The SMILES string of the molecule is C[C@H](CC(C#N)(c1ccccc1)c1ccccc1)N1CCCCC1. The van der Waals surface area contributed by atoms with E-state index < -0.39 is 5.41 Å². The van der Waals surface area contributed by atoms with Crippen LogP contribution in [0.15, 0.2) is 60.7 Å². The predicted octanol–water partition coefficient (Wildman–Crippen LogP) is 4.76. The van der Waals surface area contributed by atoms with Crippen molar-refractivity contribution in [2.24, 2.45) is 0 Å². The van der Waals surface area contributed by atoms with Gasteiger partial charge in [0.2, 0.25) is 0 Å². The van der Waals surface area contributed by atoms with Gasteiger partial charge in [-0.1, -0.05) is 67.1 Å². The Morgan fingerprint density at radius 3 is 1.88 bits per heavy atom. The molecular weight excluding hydrogens is 292 g/mol. The minimum atomic E-state index is -0.584. The van der Waals surface area contributed by atoms with Crippen LogP contribution in [0.1, 0.15) is 43.7 Å². The Bertz CT molecular complexity index is 627. The molecule has 0 N–H and O–H groups in total. The van der Waals surface area contributed by atoms with Crippen molar-refractivity contribution in [1.29, 1.82) is 5.26 Å². The summed E-state index contributed by atoms with van der Waals surface area (Å²) in [6, 6.07) is 23.7. The molecule has 0 aliphatic carbocycles. The molecule has 124 valence electrons. The molecule has 0 aromatic heterocycles. The highest BCUT2D eigenvalue weighted by atomic mass is 15.2. The van der Waals surface area contributed by atoms with Gasteiger partial charge in [-0.3, -0.25) is 0 Å². The van der Waals surface area contributed by atoms with Crippen LogP contribution in [-0.4, -0.2) is 24.0 Å². The lowest BCUT2D eigenvalue weighted by atomic mass is 9.71. The van der Waals surface area contributed by atoms with Gasteiger partial charge in [0, 0.05) is 6.04 Å². The van der Waals surface area contributed by atoms with Crippen LogP contribution in [0.3, 0.4) is 0 Å². The zero-order valence-corrected chi connectivity index (χ0v) is 14.5. The fourth-order valence-electron chi connectivity index (χ4n) is 3.95. The van der Waals surface area contributed by atoms with E-state index in [1.807, 2.05) is 36.4 Å². The third-order valence-corrected chi connectivity index (χ3v) is 5.34. The van der Waals surface area contributed by atoms with Crippen molar-refractivity contribution in [3.8, 4) is 6.07 Å². The Balaban J connectivity index is 1.97. The van der Waals surface area contributed by atoms with Gasteiger partial charge in [-0.2, -0.15) is 5.26 Å². The number of hydrogen-bond acceptors (Lipinski definition) is 2. The van der Waals surface area contributed by atoms with E-state index in [1.54, 1.807) is 0 Å². The molecule has 0 saturated carbocycles. The number of piperidine rings is 1. The van der Waals surface area contributed by atoms with Crippen LogP contribution in [-0.2, 0) is 5.41 Å². The molecule has 2 nitrogen and oxygen atoms in total. The van der Waals surface area contributed by atoms with Crippen LogP contribution in [0.2, 0.25) is 0 Å². The fraction of sp³-hybridized carbons (Fsp3) is 0.409. The van der Waals surface area contributed by atoms with Gasteiger partial charge in [0.15, 0.2) is 0 Å². The first-order valence-corrected chi connectivity index (χ1v) is 9.02. The molecule has 1 aliphatic heterocycles. The molecule has 0 radical (unpaired) electrons.